The summed E-state index contributed by atoms with van der Waals surface area (Å²) in [5.74, 6) is -1.99. The molecule has 2 bridgehead atoms. The first-order valence-electron chi connectivity index (χ1n) is 11.4. The predicted molar refractivity (Wildman–Crippen MR) is 125 cm³/mol. The van der Waals surface area contributed by atoms with E-state index in [1.165, 1.54) is 12.1 Å². The highest BCUT2D eigenvalue weighted by Gasteiger charge is 2.66. The lowest BCUT2D eigenvalue weighted by molar-refractivity contribution is -0.384. The van der Waals surface area contributed by atoms with E-state index >= 15 is 0 Å². The first-order chi connectivity index (χ1) is 16.4. The Hall–Kier alpha value is -4.00. The van der Waals surface area contributed by atoms with Gasteiger partial charge >= 0.3 is 0 Å². The Morgan fingerprint density at radius 2 is 1.59 bits per heavy atom. The van der Waals surface area contributed by atoms with Crippen LogP contribution in [-0.4, -0.2) is 23.3 Å². The highest BCUT2D eigenvalue weighted by atomic mass is 16.6. The van der Waals surface area contributed by atoms with Gasteiger partial charge in [-0.2, -0.15) is 0 Å². The second kappa shape index (κ2) is 7.00. The van der Waals surface area contributed by atoms with Gasteiger partial charge in [0.25, 0.3) is 5.69 Å². The molecule has 7 nitrogen and oxygen atoms in total. The number of hydrogen-bond donors (Lipinski definition) is 0. The molecule has 3 aromatic rings. The maximum atomic E-state index is 14.0. The zero-order valence-electron chi connectivity index (χ0n) is 18.7. The first-order valence-corrected chi connectivity index (χ1v) is 11.4. The molecule has 1 saturated heterocycles. The van der Waals surface area contributed by atoms with E-state index in [1.54, 1.807) is 13.0 Å². The fraction of sp³-hybridized carbons (Fsp3) is 0.259. The molecule has 34 heavy (non-hydrogen) atoms. The van der Waals surface area contributed by atoms with Crippen molar-refractivity contribution in [3.8, 4) is 5.75 Å². The van der Waals surface area contributed by atoms with E-state index in [4.69, 9.17) is 4.74 Å². The monoisotopic (exact) mass is 454 g/mol. The largest absolute Gasteiger partial charge is 0.494 e. The molecule has 7 heteroatoms. The molecule has 1 heterocycles. The average molecular weight is 454 g/mol. The summed E-state index contributed by atoms with van der Waals surface area (Å²) < 4.78 is 5.41. The molecule has 0 radical (unpaired) electrons. The molecular weight excluding hydrogens is 432 g/mol. The van der Waals surface area contributed by atoms with Crippen molar-refractivity contribution < 1.29 is 19.2 Å². The number of nitro groups is 1. The summed E-state index contributed by atoms with van der Waals surface area (Å²) in [4.78, 5) is 40.3. The van der Waals surface area contributed by atoms with Crippen LogP contribution in [0.15, 0.2) is 66.7 Å². The van der Waals surface area contributed by atoms with Crippen LogP contribution in [0.25, 0.3) is 0 Å². The summed E-state index contributed by atoms with van der Waals surface area (Å²) >= 11 is 0. The van der Waals surface area contributed by atoms with E-state index in [1.807, 2.05) is 55.5 Å². The molecule has 0 N–H and O–H groups in total. The van der Waals surface area contributed by atoms with E-state index in [2.05, 4.69) is 0 Å². The maximum absolute atomic E-state index is 14.0. The first kappa shape index (κ1) is 20.6. The molecule has 2 amide bonds. The van der Waals surface area contributed by atoms with Crippen LogP contribution in [0.5, 0.6) is 5.75 Å². The number of carbonyl (C=O) groups excluding carboxylic acids is 2. The number of nitrogens with zero attached hydrogens (tertiary/aromatic N) is 2. The lowest BCUT2D eigenvalue weighted by Crippen LogP contribution is -2.51. The lowest BCUT2D eigenvalue weighted by Gasteiger charge is -2.52. The maximum Gasteiger partial charge on any atom is 0.297 e. The van der Waals surface area contributed by atoms with Gasteiger partial charge in [0.15, 0.2) is 0 Å². The van der Waals surface area contributed by atoms with Gasteiger partial charge in [-0.05, 0) is 41.3 Å². The predicted octanol–water partition coefficient (Wildman–Crippen LogP) is 4.56. The molecule has 3 aliphatic carbocycles. The van der Waals surface area contributed by atoms with Crippen molar-refractivity contribution in [1.82, 2.24) is 0 Å². The van der Waals surface area contributed by atoms with Crippen LogP contribution in [0, 0.1) is 22.0 Å². The molecule has 4 aliphatic rings. The van der Waals surface area contributed by atoms with Gasteiger partial charge in [-0.15, -0.1) is 0 Å². The molecule has 0 saturated carbocycles. The Morgan fingerprint density at radius 1 is 0.971 bits per heavy atom. The third kappa shape index (κ3) is 2.41. The van der Waals surface area contributed by atoms with E-state index in [-0.39, 0.29) is 23.2 Å². The number of nitro benzene ring substituents is 1. The molecule has 7 rings (SSSR count). The van der Waals surface area contributed by atoms with Crippen LogP contribution in [0.4, 0.5) is 11.4 Å². The van der Waals surface area contributed by atoms with Crippen LogP contribution in [-0.2, 0) is 15.0 Å². The summed E-state index contributed by atoms with van der Waals surface area (Å²) in [6, 6.07) is 20.2. The van der Waals surface area contributed by atoms with Crippen LogP contribution in [0.2, 0.25) is 0 Å². The Kier molecular flexibility index (Phi) is 4.24. The quantitative estimate of drug-likeness (QED) is 0.327. The number of ether oxygens (including phenoxy) is 1. The van der Waals surface area contributed by atoms with Gasteiger partial charge in [-0.25, -0.2) is 4.90 Å². The van der Waals surface area contributed by atoms with E-state index < -0.39 is 28.1 Å². The second-order valence-corrected chi connectivity index (χ2v) is 9.21. The van der Waals surface area contributed by atoms with Crippen LogP contribution >= 0.6 is 0 Å². The van der Waals surface area contributed by atoms with Crippen molar-refractivity contribution in [2.75, 3.05) is 11.5 Å². The van der Waals surface area contributed by atoms with Crippen LogP contribution in [0.3, 0.4) is 0 Å². The minimum Gasteiger partial charge on any atom is -0.494 e. The van der Waals surface area contributed by atoms with Crippen molar-refractivity contribution in [2.45, 2.75) is 25.2 Å². The Morgan fingerprint density at radius 3 is 2.18 bits per heavy atom. The van der Waals surface area contributed by atoms with Crippen molar-refractivity contribution in [2.24, 2.45) is 11.8 Å². The SMILES string of the molecule is CCOc1ccc(N2C(=O)C3C4c5ccccc5C(C)(c5ccccc54)C3C2=O)c([N+](=O)[O-])c1. The van der Waals surface area contributed by atoms with Gasteiger partial charge < -0.3 is 4.74 Å². The fourth-order valence-electron chi connectivity index (χ4n) is 6.48. The number of imide groups is 1. The fourth-order valence-corrected chi connectivity index (χ4v) is 6.48. The minimum atomic E-state index is -0.714. The number of amides is 2. The Labute approximate surface area is 196 Å². The van der Waals surface area contributed by atoms with Gasteiger partial charge in [-0.3, -0.25) is 19.7 Å². The lowest BCUT2D eigenvalue weighted by atomic mass is 9.48. The molecule has 0 spiro atoms. The van der Waals surface area contributed by atoms with Crippen molar-refractivity contribution in [3.63, 3.8) is 0 Å². The van der Waals surface area contributed by atoms with E-state index in [0.717, 1.165) is 27.2 Å². The number of hydrogen-bond acceptors (Lipinski definition) is 5. The minimum absolute atomic E-state index is 0.00559. The Balaban J connectivity index is 1.56. The van der Waals surface area contributed by atoms with Gasteiger partial charge in [0.1, 0.15) is 11.4 Å². The molecule has 0 aromatic heterocycles. The molecular formula is C27H22N2O5. The second-order valence-electron chi connectivity index (χ2n) is 9.21. The number of anilines is 1. The van der Waals surface area contributed by atoms with Gasteiger partial charge in [0.2, 0.25) is 11.8 Å². The molecule has 170 valence electrons. The van der Waals surface area contributed by atoms with Gasteiger partial charge in [0.05, 0.1) is 29.4 Å². The number of benzene rings is 3. The van der Waals surface area contributed by atoms with E-state index in [0.29, 0.717) is 12.4 Å². The molecule has 1 fully saturated rings. The molecule has 2 unspecified atom stereocenters. The smallest absolute Gasteiger partial charge is 0.297 e. The summed E-state index contributed by atoms with van der Waals surface area (Å²) in [6.45, 7) is 4.15. The zero-order chi connectivity index (χ0) is 23.8. The average Bonchev–Trinajstić information content (AvgIpc) is 3.11. The molecule has 1 aliphatic heterocycles. The summed E-state index contributed by atoms with van der Waals surface area (Å²) in [6.07, 6.45) is 0. The Bertz CT molecular complexity index is 1350. The van der Waals surface area contributed by atoms with Gasteiger partial charge in [-0.1, -0.05) is 55.5 Å². The van der Waals surface area contributed by atoms with Crippen molar-refractivity contribution in [1.29, 1.82) is 0 Å². The normalized spacial score (nSPS) is 26.2. The van der Waals surface area contributed by atoms with Crippen LogP contribution < -0.4 is 9.64 Å². The topological polar surface area (TPSA) is 89.8 Å². The summed E-state index contributed by atoms with van der Waals surface area (Å²) in [5, 5.41) is 11.9. The van der Waals surface area contributed by atoms with Crippen molar-refractivity contribution in [3.05, 3.63) is 99.1 Å². The van der Waals surface area contributed by atoms with E-state index in [9.17, 15) is 19.7 Å². The summed E-state index contributed by atoms with van der Waals surface area (Å²) in [5.41, 5.74) is 3.15. The zero-order valence-corrected chi connectivity index (χ0v) is 18.7. The number of rotatable bonds is 4. The third-order valence-corrected chi connectivity index (χ3v) is 7.74. The number of carbonyl (C=O) groups is 2. The highest BCUT2D eigenvalue weighted by Crippen LogP contribution is 2.64. The molecule has 3 aromatic carbocycles. The standard InChI is InChI=1S/C27H22N2O5/c1-3-34-15-12-13-20(21(14-15)29(32)33)28-25(30)23-22-16-8-4-6-10-18(16)27(2,24(23)26(28)31)19-11-7-5-9-17(19)22/h4-14,22-24H,3H2,1-2H3. The highest BCUT2D eigenvalue weighted by molar-refractivity contribution is 6.24. The van der Waals surface area contributed by atoms with Gasteiger partial charge in [0, 0.05) is 11.3 Å². The third-order valence-electron chi connectivity index (χ3n) is 7.74. The molecule has 2 atom stereocenters. The summed E-state index contributed by atoms with van der Waals surface area (Å²) in [7, 11) is 0. The van der Waals surface area contributed by atoms with Crippen molar-refractivity contribution >= 4 is 23.2 Å². The van der Waals surface area contributed by atoms with Crippen LogP contribution in [0.1, 0.15) is 42.0 Å².